The van der Waals surface area contributed by atoms with Gasteiger partial charge < -0.3 is 8.98 Å². The van der Waals surface area contributed by atoms with Gasteiger partial charge >= 0.3 is 0 Å². The van der Waals surface area contributed by atoms with Crippen molar-refractivity contribution in [3.8, 4) is 50.6 Å². The number of aromatic nitrogens is 3. The topological polar surface area (TPSA) is 43.9 Å². The van der Waals surface area contributed by atoms with Gasteiger partial charge in [-0.1, -0.05) is 146 Å². The number of furan rings is 1. The fourth-order valence-corrected chi connectivity index (χ4v) is 8.88. The highest BCUT2D eigenvalue weighted by Gasteiger charge is 2.19. The summed E-state index contributed by atoms with van der Waals surface area (Å²) in [5.74, 6) is 0.706. The minimum absolute atomic E-state index is 0.706. The number of para-hydroxylation sites is 1. The Hall–Kier alpha value is -7.82. The molecule has 0 aliphatic heterocycles. The molecule has 0 aliphatic rings. The van der Waals surface area contributed by atoms with Crippen LogP contribution in [-0.4, -0.2) is 14.5 Å². The van der Waals surface area contributed by atoms with Crippen molar-refractivity contribution < 1.29 is 4.42 Å². The Bertz CT molecular complexity index is 3550. The lowest BCUT2D eigenvalue weighted by Crippen LogP contribution is -1.95. The summed E-state index contributed by atoms with van der Waals surface area (Å²) < 4.78 is 8.95. The molecule has 3 heterocycles. The minimum atomic E-state index is 0.706. The molecule has 3 aromatic heterocycles. The normalized spacial score (nSPS) is 11.8. The van der Waals surface area contributed by atoms with E-state index in [0.29, 0.717) is 5.82 Å². The van der Waals surface area contributed by atoms with Crippen LogP contribution in [0, 0.1) is 0 Å². The largest absolute Gasteiger partial charge is 0.456 e. The molecule has 0 N–H and O–H groups in total. The molecule has 12 rings (SSSR count). The first-order valence-electron chi connectivity index (χ1n) is 19.7. The lowest BCUT2D eigenvalue weighted by molar-refractivity contribution is 0.669. The second-order valence-electron chi connectivity index (χ2n) is 14.9. The maximum Gasteiger partial charge on any atom is 0.160 e. The molecule has 0 bridgehead atoms. The van der Waals surface area contributed by atoms with Crippen molar-refractivity contribution in [1.82, 2.24) is 14.5 Å². The van der Waals surface area contributed by atoms with Crippen LogP contribution in [0.1, 0.15) is 0 Å². The van der Waals surface area contributed by atoms with Gasteiger partial charge in [-0.15, -0.1) is 0 Å². The maximum absolute atomic E-state index is 6.54. The van der Waals surface area contributed by atoms with Gasteiger partial charge in [-0.3, -0.25) is 0 Å². The van der Waals surface area contributed by atoms with Crippen LogP contribution < -0.4 is 0 Å². The van der Waals surface area contributed by atoms with Crippen molar-refractivity contribution in [2.45, 2.75) is 0 Å². The highest BCUT2D eigenvalue weighted by atomic mass is 16.3. The molecular formula is C54H33N3O. The summed E-state index contributed by atoms with van der Waals surface area (Å²) in [7, 11) is 0. The standard InChI is InChI=1S/C54H33N3O/c1-4-14-35(15-5-1)52-44-28-24-39(33-47(44)55-54(56-52)36-16-6-2-7-17-36)41-21-12-22-50-51(41)46-32-38(26-30-49(46)58-50)37-25-29-48-45(31-37)43-27-23-34-13-10-11-20-42(34)53(43)57(48)40-18-8-3-9-19-40/h1-33H. The van der Waals surface area contributed by atoms with Crippen LogP contribution in [0.25, 0.3) is 116 Å². The Morgan fingerprint density at radius 1 is 0.397 bits per heavy atom. The Labute approximate surface area is 333 Å². The highest BCUT2D eigenvalue weighted by molar-refractivity contribution is 6.19. The van der Waals surface area contributed by atoms with E-state index in [9.17, 15) is 0 Å². The van der Waals surface area contributed by atoms with Gasteiger partial charge in [-0.25, -0.2) is 9.97 Å². The molecule has 4 nitrogen and oxygen atoms in total. The first-order valence-corrected chi connectivity index (χ1v) is 19.7. The zero-order valence-corrected chi connectivity index (χ0v) is 31.3. The third-order valence-corrected chi connectivity index (χ3v) is 11.6. The molecule has 270 valence electrons. The first kappa shape index (κ1) is 32.4. The Morgan fingerprint density at radius 3 is 1.91 bits per heavy atom. The van der Waals surface area contributed by atoms with Gasteiger partial charge in [0.1, 0.15) is 11.2 Å². The zero-order valence-electron chi connectivity index (χ0n) is 31.3. The van der Waals surface area contributed by atoms with Crippen molar-refractivity contribution in [3.05, 3.63) is 200 Å². The van der Waals surface area contributed by atoms with Gasteiger partial charge in [-0.05, 0) is 82.2 Å². The van der Waals surface area contributed by atoms with Crippen molar-refractivity contribution in [2.75, 3.05) is 0 Å². The van der Waals surface area contributed by atoms with Gasteiger partial charge in [0, 0.05) is 49.1 Å². The van der Waals surface area contributed by atoms with E-state index >= 15 is 0 Å². The number of benzene rings is 9. The van der Waals surface area contributed by atoms with Gasteiger partial charge in [-0.2, -0.15) is 0 Å². The molecule has 0 radical (unpaired) electrons. The average Bonchev–Trinajstić information content (AvgIpc) is 3.85. The van der Waals surface area contributed by atoms with Crippen LogP contribution in [0.5, 0.6) is 0 Å². The number of fused-ring (bicyclic) bond motifs is 9. The van der Waals surface area contributed by atoms with E-state index in [4.69, 9.17) is 14.4 Å². The zero-order chi connectivity index (χ0) is 38.2. The van der Waals surface area contributed by atoms with Gasteiger partial charge in [0.25, 0.3) is 0 Å². The fraction of sp³-hybridized carbons (Fsp3) is 0. The van der Waals surface area contributed by atoms with E-state index in [1.807, 2.05) is 24.3 Å². The Morgan fingerprint density at radius 2 is 1.09 bits per heavy atom. The predicted octanol–water partition coefficient (Wildman–Crippen LogP) is 14.4. The fourth-order valence-electron chi connectivity index (χ4n) is 8.88. The molecule has 0 saturated heterocycles. The molecule has 0 aliphatic carbocycles. The van der Waals surface area contributed by atoms with Crippen molar-refractivity contribution in [3.63, 3.8) is 0 Å². The quantitative estimate of drug-likeness (QED) is 0.177. The predicted molar refractivity (Wildman–Crippen MR) is 240 cm³/mol. The molecule has 0 saturated carbocycles. The summed E-state index contributed by atoms with van der Waals surface area (Å²) in [5.41, 5.74) is 13.6. The third-order valence-electron chi connectivity index (χ3n) is 11.6. The highest BCUT2D eigenvalue weighted by Crippen LogP contribution is 2.42. The summed E-state index contributed by atoms with van der Waals surface area (Å²) in [5, 5.41) is 8.12. The van der Waals surface area contributed by atoms with E-state index < -0.39 is 0 Å². The van der Waals surface area contributed by atoms with E-state index in [1.54, 1.807) is 0 Å². The lowest BCUT2D eigenvalue weighted by Gasteiger charge is -2.11. The second-order valence-corrected chi connectivity index (χ2v) is 14.9. The van der Waals surface area contributed by atoms with Gasteiger partial charge in [0.2, 0.25) is 0 Å². The van der Waals surface area contributed by atoms with Gasteiger partial charge in [0.05, 0.1) is 22.2 Å². The third kappa shape index (κ3) is 5.09. The molecule has 12 aromatic rings. The first-order chi connectivity index (χ1) is 28.7. The number of hydrogen-bond acceptors (Lipinski definition) is 3. The van der Waals surface area contributed by atoms with Crippen LogP contribution >= 0.6 is 0 Å². The van der Waals surface area contributed by atoms with E-state index in [-0.39, 0.29) is 0 Å². The molecule has 0 spiro atoms. The second kappa shape index (κ2) is 12.9. The minimum Gasteiger partial charge on any atom is -0.456 e. The Balaban J connectivity index is 1.03. The number of hydrogen-bond donors (Lipinski definition) is 0. The maximum atomic E-state index is 6.54. The average molecular weight is 740 g/mol. The van der Waals surface area contributed by atoms with Crippen molar-refractivity contribution >= 4 is 65.4 Å². The summed E-state index contributed by atoms with van der Waals surface area (Å²) in [4.78, 5) is 10.3. The lowest BCUT2D eigenvalue weighted by atomic mass is 9.95. The molecule has 58 heavy (non-hydrogen) atoms. The van der Waals surface area contributed by atoms with Crippen molar-refractivity contribution in [1.29, 1.82) is 0 Å². The smallest absolute Gasteiger partial charge is 0.160 e. The SMILES string of the molecule is c1ccc(-c2nc(-c3ccccc3)c3ccc(-c4cccc5oc6ccc(-c7ccc8c(c7)c7ccc9ccccc9c7n8-c7ccccc7)cc6c45)cc3n2)cc1. The molecule has 0 unspecified atom stereocenters. The van der Waals surface area contributed by atoms with E-state index in [0.717, 1.165) is 77.6 Å². The van der Waals surface area contributed by atoms with Crippen LogP contribution in [0.3, 0.4) is 0 Å². The summed E-state index contributed by atoms with van der Waals surface area (Å²) in [6.07, 6.45) is 0. The molecule has 0 atom stereocenters. The monoisotopic (exact) mass is 739 g/mol. The number of nitrogens with zero attached hydrogens (tertiary/aromatic N) is 3. The van der Waals surface area contributed by atoms with Gasteiger partial charge in [0.15, 0.2) is 5.82 Å². The van der Waals surface area contributed by atoms with Crippen LogP contribution in [-0.2, 0) is 0 Å². The molecule has 4 heteroatoms. The van der Waals surface area contributed by atoms with Crippen LogP contribution in [0.4, 0.5) is 0 Å². The van der Waals surface area contributed by atoms with Crippen LogP contribution in [0.15, 0.2) is 205 Å². The summed E-state index contributed by atoms with van der Waals surface area (Å²) in [6, 6.07) is 70.9. The van der Waals surface area contributed by atoms with Crippen LogP contribution in [0.2, 0.25) is 0 Å². The molecule has 0 amide bonds. The molecule has 9 aromatic carbocycles. The summed E-state index contributed by atoms with van der Waals surface area (Å²) in [6.45, 7) is 0. The van der Waals surface area contributed by atoms with E-state index in [2.05, 4.69) is 180 Å². The van der Waals surface area contributed by atoms with E-state index in [1.165, 1.54) is 32.6 Å². The summed E-state index contributed by atoms with van der Waals surface area (Å²) >= 11 is 0. The van der Waals surface area contributed by atoms with Crippen molar-refractivity contribution in [2.24, 2.45) is 0 Å². The number of rotatable bonds is 5. The molecule has 0 fully saturated rings. The molecular weight excluding hydrogens is 707 g/mol. The Kier molecular flexibility index (Phi) is 7.20.